The van der Waals surface area contributed by atoms with Crippen molar-refractivity contribution in [1.82, 2.24) is 4.90 Å². The van der Waals surface area contributed by atoms with Crippen molar-refractivity contribution >= 4 is 6.03 Å². The summed E-state index contributed by atoms with van der Waals surface area (Å²) in [6.45, 7) is 0.0515. The normalized spacial score (nSPS) is 37.9. The Morgan fingerprint density at radius 1 is 1.54 bits per heavy atom. The number of primary amides is 1. The molecule has 1 aliphatic heterocycles. The predicted molar refractivity (Wildman–Crippen MR) is 48.0 cm³/mol. The van der Waals surface area contributed by atoms with Crippen LogP contribution >= 0.6 is 0 Å². The fraction of sp³-hybridized carbons (Fsp3) is 0.889. The van der Waals surface area contributed by atoms with E-state index in [4.69, 9.17) is 10.8 Å². The standard InChI is InChI=1S/C9H16N2O2/c10-9(13)11-7(5-12)4-6-2-1-3-8(6)11/h6-8,12H,1-5H2,(H2,10,13)/t6-,7-,8-/m1/s1. The number of carbonyl (C=O) groups is 1. The molecule has 4 nitrogen and oxygen atoms in total. The first-order valence-corrected chi connectivity index (χ1v) is 4.92. The van der Waals surface area contributed by atoms with E-state index >= 15 is 0 Å². The third-order valence-corrected chi connectivity index (χ3v) is 3.41. The molecular weight excluding hydrogens is 168 g/mol. The van der Waals surface area contributed by atoms with Crippen molar-refractivity contribution in [2.45, 2.75) is 37.8 Å². The quantitative estimate of drug-likeness (QED) is 0.615. The van der Waals surface area contributed by atoms with Crippen molar-refractivity contribution < 1.29 is 9.90 Å². The first-order valence-electron chi connectivity index (χ1n) is 4.92. The predicted octanol–water partition coefficient (Wildman–Crippen LogP) is 0.300. The lowest BCUT2D eigenvalue weighted by atomic mass is 10.0. The van der Waals surface area contributed by atoms with Crippen LogP contribution in [0.4, 0.5) is 4.79 Å². The molecule has 1 heterocycles. The average Bonchev–Trinajstić information content (AvgIpc) is 2.59. The minimum Gasteiger partial charge on any atom is -0.394 e. The molecule has 2 rings (SSSR count). The van der Waals surface area contributed by atoms with Crippen LogP contribution in [0.3, 0.4) is 0 Å². The maximum Gasteiger partial charge on any atom is 0.315 e. The van der Waals surface area contributed by atoms with E-state index in [1.54, 1.807) is 4.90 Å². The molecule has 0 bridgehead atoms. The van der Waals surface area contributed by atoms with E-state index in [0.29, 0.717) is 12.0 Å². The third kappa shape index (κ3) is 1.29. The van der Waals surface area contributed by atoms with Crippen molar-refractivity contribution in [3.8, 4) is 0 Å². The molecule has 74 valence electrons. The molecule has 1 saturated carbocycles. The number of aliphatic hydroxyl groups excluding tert-OH is 1. The van der Waals surface area contributed by atoms with Gasteiger partial charge in [-0.1, -0.05) is 6.42 Å². The summed E-state index contributed by atoms with van der Waals surface area (Å²) in [6.07, 6.45) is 4.37. The molecule has 0 radical (unpaired) electrons. The molecule has 0 unspecified atom stereocenters. The summed E-state index contributed by atoms with van der Waals surface area (Å²) in [6, 6.07) is -0.0732. The minimum atomic E-state index is -0.367. The molecule has 0 spiro atoms. The molecular formula is C9H16N2O2. The van der Waals surface area contributed by atoms with Crippen LogP contribution in [-0.2, 0) is 0 Å². The lowest BCUT2D eigenvalue weighted by Gasteiger charge is -2.26. The lowest BCUT2D eigenvalue weighted by molar-refractivity contribution is 0.142. The van der Waals surface area contributed by atoms with E-state index in [1.165, 1.54) is 12.8 Å². The van der Waals surface area contributed by atoms with Gasteiger partial charge in [-0.2, -0.15) is 0 Å². The number of hydrogen-bond acceptors (Lipinski definition) is 2. The van der Waals surface area contributed by atoms with Crippen LogP contribution in [0, 0.1) is 5.92 Å². The highest BCUT2D eigenvalue weighted by atomic mass is 16.3. The van der Waals surface area contributed by atoms with Crippen molar-refractivity contribution in [3.63, 3.8) is 0 Å². The van der Waals surface area contributed by atoms with E-state index < -0.39 is 0 Å². The van der Waals surface area contributed by atoms with Crippen molar-refractivity contribution in [3.05, 3.63) is 0 Å². The molecule has 0 aromatic carbocycles. The highest BCUT2D eigenvalue weighted by Gasteiger charge is 2.44. The zero-order valence-electron chi connectivity index (χ0n) is 7.65. The van der Waals surface area contributed by atoms with Crippen LogP contribution in [0.25, 0.3) is 0 Å². The first-order chi connectivity index (χ1) is 6.24. The second-order valence-electron chi connectivity index (χ2n) is 4.08. The molecule has 3 atom stereocenters. The summed E-state index contributed by atoms with van der Waals surface area (Å²) < 4.78 is 0. The number of urea groups is 1. The summed E-state index contributed by atoms with van der Waals surface area (Å²) in [7, 11) is 0. The van der Waals surface area contributed by atoms with Gasteiger partial charge in [-0.3, -0.25) is 0 Å². The molecule has 1 saturated heterocycles. The number of aliphatic hydroxyl groups is 1. The van der Waals surface area contributed by atoms with E-state index in [9.17, 15) is 4.79 Å². The van der Waals surface area contributed by atoms with E-state index in [0.717, 1.165) is 12.8 Å². The molecule has 13 heavy (non-hydrogen) atoms. The number of rotatable bonds is 1. The van der Waals surface area contributed by atoms with Gasteiger partial charge in [0.1, 0.15) is 0 Å². The maximum atomic E-state index is 11.2. The number of amides is 2. The number of likely N-dealkylation sites (tertiary alicyclic amines) is 1. The number of hydrogen-bond donors (Lipinski definition) is 2. The molecule has 4 heteroatoms. The third-order valence-electron chi connectivity index (χ3n) is 3.41. The largest absolute Gasteiger partial charge is 0.394 e. The first kappa shape index (κ1) is 8.81. The molecule has 0 aromatic heterocycles. The molecule has 0 aromatic rings. The molecule has 2 amide bonds. The lowest BCUT2D eigenvalue weighted by Crippen LogP contribution is -2.45. The Morgan fingerprint density at radius 3 is 2.92 bits per heavy atom. The van der Waals surface area contributed by atoms with Crippen molar-refractivity contribution in [2.75, 3.05) is 6.61 Å². The Hall–Kier alpha value is -0.770. The van der Waals surface area contributed by atoms with E-state index in [2.05, 4.69) is 0 Å². The fourth-order valence-corrected chi connectivity index (χ4v) is 2.90. The molecule has 3 N–H and O–H groups in total. The van der Waals surface area contributed by atoms with Crippen LogP contribution < -0.4 is 5.73 Å². The zero-order valence-corrected chi connectivity index (χ0v) is 7.65. The Kier molecular flexibility index (Phi) is 2.15. The van der Waals surface area contributed by atoms with E-state index in [-0.39, 0.29) is 18.7 Å². The second kappa shape index (κ2) is 3.18. The Bertz CT molecular complexity index is 220. The van der Waals surface area contributed by atoms with Crippen LogP contribution in [0.2, 0.25) is 0 Å². The number of carbonyl (C=O) groups excluding carboxylic acids is 1. The number of fused-ring (bicyclic) bond motifs is 1. The number of nitrogens with two attached hydrogens (primary N) is 1. The van der Waals surface area contributed by atoms with Gasteiger partial charge in [-0.25, -0.2) is 4.79 Å². The second-order valence-corrected chi connectivity index (χ2v) is 4.08. The molecule has 1 aliphatic carbocycles. The van der Waals surface area contributed by atoms with Crippen molar-refractivity contribution in [2.24, 2.45) is 11.7 Å². The van der Waals surface area contributed by atoms with Gasteiger partial charge in [0.2, 0.25) is 0 Å². The summed E-state index contributed by atoms with van der Waals surface area (Å²) in [4.78, 5) is 12.8. The fourth-order valence-electron chi connectivity index (χ4n) is 2.90. The average molecular weight is 184 g/mol. The monoisotopic (exact) mass is 184 g/mol. The summed E-state index contributed by atoms with van der Waals surface area (Å²) in [5.74, 6) is 0.588. The van der Waals surface area contributed by atoms with Gasteiger partial charge in [0.25, 0.3) is 0 Å². The smallest absolute Gasteiger partial charge is 0.315 e. The van der Waals surface area contributed by atoms with E-state index in [1.807, 2.05) is 0 Å². The van der Waals surface area contributed by atoms with Gasteiger partial charge in [-0.05, 0) is 25.2 Å². The Morgan fingerprint density at radius 2 is 2.31 bits per heavy atom. The van der Waals surface area contributed by atoms with Gasteiger partial charge in [0.05, 0.1) is 12.6 Å². The van der Waals surface area contributed by atoms with Crippen LogP contribution in [0.1, 0.15) is 25.7 Å². The van der Waals surface area contributed by atoms with Crippen LogP contribution in [-0.4, -0.2) is 34.7 Å². The summed E-state index contributed by atoms with van der Waals surface area (Å²) >= 11 is 0. The summed E-state index contributed by atoms with van der Waals surface area (Å²) in [5, 5.41) is 9.09. The number of nitrogens with zero attached hydrogens (tertiary/aromatic N) is 1. The summed E-state index contributed by atoms with van der Waals surface area (Å²) in [5.41, 5.74) is 5.30. The zero-order chi connectivity index (χ0) is 9.42. The SMILES string of the molecule is NC(=O)N1[C@@H](CO)C[C@H]2CCC[C@H]21. The topological polar surface area (TPSA) is 66.6 Å². The van der Waals surface area contributed by atoms with Gasteiger partial charge in [0, 0.05) is 6.04 Å². The molecule has 2 aliphatic rings. The van der Waals surface area contributed by atoms with Crippen molar-refractivity contribution in [1.29, 1.82) is 0 Å². The highest BCUT2D eigenvalue weighted by molar-refractivity contribution is 5.73. The van der Waals surface area contributed by atoms with Gasteiger partial charge >= 0.3 is 6.03 Å². The Balaban J connectivity index is 2.14. The minimum absolute atomic E-state index is 0.0206. The Labute approximate surface area is 77.7 Å². The maximum absolute atomic E-state index is 11.2. The van der Waals surface area contributed by atoms with Gasteiger partial charge in [-0.15, -0.1) is 0 Å². The van der Waals surface area contributed by atoms with Gasteiger partial charge < -0.3 is 15.7 Å². The van der Waals surface area contributed by atoms with Crippen LogP contribution in [0.5, 0.6) is 0 Å². The van der Waals surface area contributed by atoms with Crippen LogP contribution in [0.15, 0.2) is 0 Å². The van der Waals surface area contributed by atoms with Gasteiger partial charge in [0.15, 0.2) is 0 Å². The highest BCUT2D eigenvalue weighted by Crippen LogP contribution is 2.40. The molecule has 2 fully saturated rings.